The van der Waals surface area contributed by atoms with Crippen molar-refractivity contribution in [1.29, 1.82) is 0 Å². The molecule has 3 aromatic carbocycles. The average molecular weight is 526 g/mol. The van der Waals surface area contributed by atoms with Crippen molar-refractivity contribution < 1.29 is 22.7 Å². The summed E-state index contributed by atoms with van der Waals surface area (Å²) < 4.78 is 39.1. The van der Waals surface area contributed by atoms with Crippen molar-refractivity contribution in [3.63, 3.8) is 0 Å². The van der Waals surface area contributed by atoms with Gasteiger partial charge in [0, 0.05) is 48.9 Å². The number of halogens is 1. The van der Waals surface area contributed by atoms with E-state index in [-0.39, 0.29) is 24.1 Å². The van der Waals surface area contributed by atoms with Crippen LogP contribution in [-0.2, 0) is 21.4 Å². The Hall–Kier alpha value is -3.27. The topological polar surface area (TPSA) is 79.4 Å². The third-order valence-corrected chi connectivity index (χ3v) is 8.87. The van der Waals surface area contributed by atoms with Gasteiger partial charge in [0.15, 0.2) is 11.5 Å². The molecule has 1 fully saturated rings. The minimum absolute atomic E-state index is 0.182. The molecule has 10 heteroatoms. The van der Waals surface area contributed by atoms with Gasteiger partial charge >= 0.3 is 0 Å². The SMILES string of the molecule is O=C(CN1c2ccc(Cl)cc2-c2ccccc2S1(=O)=O)N1CCN(Cc2ccc3c(c2)OCO3)CC1. The van der Waals surface area contributed by atoms with E-state index in [4.69, 9.17) is 21.1 Å². The summed E-state index contributed by atoms with van der Waals surface area (Å²) >= 11 is 6.23. The van der Waals surface area contributed by atoms with Crippen LogP contribution in [-0.4, -0.2) is 63.6 Å². The van der Waals surface area contributed by atoms with Crippen LogP contribution in [0, 0.1) is 0 Å². The number of hydrogen-bond donors (Lipinski definition) is 0. The van der Waals surface area contributed by atoms with Crippen LogP contribution in [0.3, 0.4) is 0 Å². The van der Waals surface area contributed by atoms with Crippen molar-refractivity contribution in [3.05, 3.63) is 71.2 Å². The number of benzene rings is 3. The lowest BCUT2D eigenvalue weighted by atomic mass is 10.0. The summed E-state index contributed by atoms with van der Waals surface area (Å²) in [6.07, 6.45) is 0. The van der Waals surface area contributed by atoms with E-state index in [0.29, 0.717) is 48.0 Å². The normalized spacial score (nSPS) is 18.0. The molecule has 1 saturated heterocycles. The quantitative estimate of drug-likeness (QED) is 0.518. The van der Waals surface area contributed by atoms with Crippen LogP contribution in [0.5, 0.6) is 11.5 Å². The Labute approximate surface area is 214 Å². The number of carbonyl (C=O) groups excluding carboxylic acids is 1. The zero-order chi connectivity index (χ0) is 24.9. The minimum Gasteiger partial charge on any atom is -0.454 e. The number of amides is 1. The van der Waals surface area contributed by atoms with Gasteiger partial charge in [-0.05, 0) is 42.0 Å². The monoisotopic (exact) mass is 525 g/mol. The van der Waals surface area contributed by atoms with Gasteiger partial charge in [-0.15, -0.1) is 0 Å². The molecule has 0 aliphatic carbocycles. The molecule has 0 atom stereocenters. The van der Waals surface area contributed by atoms with Crippen LogP contribution >= 0.6 is 11.6 Å². The van der Waals surface area contributed by atoms with Crippen LogP contribution in [0.1, 0.15) is 5.56 Å². The van der Waals surface area contributed by atoms with Gasteiger partial charge in [0.2, 0.25) is 12.7 Å². The summed E-state index contributed by atoms with van der Waals surface area (Å²) in [5.74, 6) is 1.29. The van der Waals surface area contributed by atoms with Gasteiger partial charge in [0.25, 0.3) is 10.0 Å². The molecule has 186 valence electrons. The van der Waals surface area contributed by atoms with E-state index in [2.05, 4.69) is 4.90 Å². The molecular formula is C26H24ClN3O5S. The Balaban J connectivity index is 1.16. The highest BCUT2D eigenvalue weighted by molar-refractivity contribution is 7.93. The van der Waals surface area contributed by atoms with Gasteiger partial charge in [-0.2, -0.15) is 0 Å². The van der Waals surface area contributed by atoms with Crippen molar-refractivity contribution in [2.75, 3.05) is 43.8 Å². The lowest BCUT2D eigenvalue weighted by molar-refractivity contribution is -0.131. The number of anilines is 1. The summed E-state index contributed by atoms with van der Waals surface area (Å²) in [6, 6.07) is 17.8. The van der Waals surface area contributed by atoms with Gasteiger partial charge in [-0.25, -0.2) is 8.42 Å². The Morgan fingerprint density at radius 2 is 1.67 bits per heavy atom. The number of sulfonamides is 1. The third kappa shape index (κ3) is 4.07. The molecule has 1 amide bonds. The molecule has 0 radical (unpaired) electrons. The van der Waals surface area contributed by atoms with E-state index < -0.39 is 10.0 Å². The van der Waals surface area contributed by atoms with Gasteiger partial charge in [0.05, 0.1) is 10.6 Å². The number of fused-ring (bicyclic) bond motifs is 4. The molecule has 0 aromatic heterocycles. The van der Waals surface area contributed by atoms with Gasteiger partial charge in [0.1, 0.15) is 6.54 Å². The molecule has 3 aromatic rings. The number of carbonyl (C=O) groups is 1. The van der Waals surface area contributed by atoms with E-state index in [1.54, 1.807) is 47.4 Å². The molecule has 0 unspecified atom stereocenters. The second-order valence-electron chi connectivity index (χ2n) is 9.01. The van der Waals surface area contributed by atoms with Gasteiger partial charge < -0.3 is 14.4 Å². The summed E-state index contributed by atoms with van der Waals surface area (Å²) in [6.45, 7) is 3.18. The van der Waals surface area contributed by atoms with Crippen LogP contribution in [0.25, 0.3) is 11.1 Å². The van der Waals surface area contributed by atoms with Crippen LogP contribution in [0.4, 0.5) is 5.69 Å². The third-order valence-electron chi connectivity index (χ3n) is 6.82. The lowest BCUT2D eigenvalue weighted by Gasteiger charge is -2.37. The smallest absolute Gasteiger partial charge is 0.265 e. The Morgan fingerprint density at radius 1 is 0.889 bits per heavy atom. The lowest BCUT2D eigenvalue weighted by Crippen LogP contribution is -2.51. The van der Waals surface area contributed by atoms with E-state index in [1.807, 2.05) is 18.2 Å². The first-order chi connectivity index (χ1) is 17.4. The van der Waals surface area contributed by atoms with E-state index >= 15 is 0 Å². The average Bonchev–Trinajstić information content (AvgIpc) is 3.35. The predicted octanol–water partition coefficient (Wildman–Crippen LogP) is 3.59. The molecule has 0 N–H and O–H groups in total. The first kappa shape index (κ1) is 23.1. The first-order valence-electron chi connectivity index (χ1n) is 11.7. The zero-order valence-electron chi connectivity index (χ0n) is 19.4. The largest absolute Gasteiger partial charge is 0.454 e. The number of ether oxygens (including phenoxy) is 2. The van der Waals surface area contributed by atoms with Crippen molar-refractivity contribution in [2.24, 2.45) is 0 Å². The summed E-state index contributed by atoms with van der Waals surface area (Å²) in [5, 5.41) is 0.507. The second kappa shape index (κ2) is 8.99. The highest BCUT2D eigenvalue weighted by atomic mass is 35.5. The molecule has 3 aliphatic rings. The maximum absolute atomic E-state index is 13.5. The summed E-state index contributed by atoms with van der Waals surface area (Å²) in [4.78, 5) is 17.5. The molecule has 0 saturated carbocycles. The van der Waals surface area contributed by atoms with Crippen molar-refractivity contribution >= 4 is 33.2 Å². The molecule has 0 spiro atoms. The number of hydrogen-bond acceptors (Lipinski definition) is 6. The fourth-order valence-electron chi connectivity index (χ4n) is 4.95. The van der Waals surface area contributed by atoms with Gasteiger partial charge in [-0.1, -0.05) is 35.9 Å². The van der Waals surface area contributed by atoms with Crippen molar-refractivity contribution in [1.82, 2.24) is 9.80 Å². The summed E-state index contributed by atoms with van der Waals surface area (Å²) in [7, 11) is -3.89. The standard InChI is InChI=1S/C26H24ClN3O5S/c27-19-6-7-22-21(14-19)20-3-1-2-4-25(20)36(32,33)30(22)16-26(31)29-11-9-28(10-12-29)15-18-5-8-23-24(13-18)35-17-34-23/h1-8,13-14H,9-12,15-17H2. The van der Waals surface area contributed by atoms with E-state index in [1.165, 1.54) is 4.31 Å². The predicted molar refractivity (Wildman–Crippen MR) is 136 cm³/mol. The molecular weight excluding hydrogens is 502 g/mol. The second-order valence-corrected chi connectivity index (χ2v) is 11.3. The number of nitrogens with zero attached hydrogens (tertiary/aromatic N) is 3. The van der Waals surface area contributed by atoms with Crippen molar-refractivity contribution in [3.8, 4) is 22.6 Å². The molecule has 3 aliphatic heterocycles. The molecule has 6 rings (SSSR count). The number of piperazine rings is 1. The Morgan fingerprint density at radius 3 is 2.50 bits per heavy atom. The summed E-state index contributed by atoms with van der Waals surface area (Å²) in [5.41, 5.74) is 2.88. The van der Waals surface area contributed by atoms with Crippen LogP contribution in [0.15, 0.2) is 65.6 Å². The minimum atomic E-state index is -3.89. The molecule has 36 heavy (non-hydrogen) atoms. The molecule has 8 nitrogen and oxygen atoms in total. The van der Waals surface area contributed by atoms with Crippen molar-refractivity contribution in [2.45, 2.75) is 11.4 Å². The Kier molecular flexibility index (Phi) is 5.78. The Bertz CT molecular complexity index is 1450. The fourth-order valence-corrected chi connectivity index (χ4v) is 6.76. The van der Waals surface area contributed by atoms with Crippen LogP contribution in [0.2, 0.25) is 5.02 Å². The maximum Gasteiger partial charge on any atom is 0.265 e. The highest BCUT2D eigenvalue weighted by Crippen LogP contribution is 2.44. The molecule has 0 bridgehead atoms. The molecule has 3 heterocycles. The highest BCUT2D eigenvalue weighted by Gasteiger charge is 2.37. The first-order valence-corrected chi connectivity index (χ1v) is 13.5. The van der Waals surface area contributed by atoms with Crippen LogP contribution < -0.4 is 13.8 Å². The van der Waals surface area contributed by atoms with E-state index in [9.17, 15) is 13.2 Å². The zero-order valence-corrected chi connectivity index (χ0v) is 21.0. The van der Waals surface area contributed by atoms with Gasteiger partial charge in [-0.3, -0.25) is 14.0 Å². The fraction of sp³-hybridized carbons (Fsp3) is 0.269. The maximum atomic E-state index is 13.5. The van der Waals surface area contributed by atoms with E-state index in [0.717, 1.165) is 23.6 Å². The number of rotatable bonds is 4.